The number of nitro benzene ring substituents is 1. The first-order chi connectivity index (χ1) is 15.5. The Morgan fingerprint density at radius 3 is 2.36 bits per heavy atom. The van der Waals surface area contributed by atoms with E-state index in [-0.39, 0.29) is 23.8 Å². The third-order valence-electron chi connectivity index (χ3n) is 5.24. The zero-order valence-electron chi connectivity index (χ0n) is 19.0. The molecule has 0 fully saturated rings. The number of hydrogen-bond donors (Lipinski definition) is 1. The first-order valence-electron chi connectivity index (χ1n) is 10.3. The van der Waals surface area contributed by atoms with Crippen LogP contribution in [0.2, 0.25) is 0 Å². The van der Waals surface area contributed by atoms with E-state index >= 15 is 0 Å². The molecule has 33 heavy (non-hydrogen) atoms. The molecule has 1 unspecified atom stereocenters. The molecule has 2 aromatic rings. The molecule has 10 nitrogen and oxygen atoms in total. The van der Waals surface area contributed by atoms with Gasteiger partial charge < -0.3 is 10.2 Å². The summed E-state index contributed by atoms with van der Waals surface area (Å²) in [5.41, 5.74) is 1.42. The molecule has 2 aromatic carbocycles. The number of non-ortho nitro benzene ring substituents is 1. The van der Waals surface area contributed by atoms with Crippen LogP contribution in [0, 0.1) is 17.0 Å². The number of sulfonamides is 1. The van der Waals surface area contributed by atoms with Gasteiger partial charge in [-0.15, -0.1) is 0 Å². The van der Waals surface area contributed by atoms with Crippen LogP contribution < -0.4 is 9.62 Å². The van der Waals surface area contributed by atoms with E-state index in [1.165, 1.54) is 30.1 Å². The molecule has 11 heteroatoms. The Morgan fingerprint density at radius 1 is 1.15 bits per heavy atom. The predicted molar refractivity (Wildman–Crippen MR) is 125 cm³/mol. The minimum absolute atomic E-state index is 0.0103. The lowest BCUT2D eigenvalue weighted by Gasteiger charge is -2.32. The fourth-order valence-corrected chi connectivity index (χ4v) is 4.27. The SMILES string of the molecule is CCC(C(=O)NC)N(Cc1ccccc1C)C(=O)CN(c1cccc([N+](=O)[O-])c1)S(C)(=O)=O. The highest BCUT2D eigenvalue weighted by Crippen LogP contribution is 2.24. The van der Waals surface area contributed by atoms with Crippen LogP contribution in [0.1, 0.15) is 24.5 Å². The second kappa shape index (κ2) is 10.9. The van der Waals surface area contributed by atoms with Gasteiger partial charge in [-0.1, -0.05) is 37.3 Å². The van der Waals surface area contributed by atoms with Crippen molar-refractivity contribution >= 4 is 33.2 Å². The molecule has 0 aliphatic carbocycles. The van der Waals surface area contributed by atoms with E-state index in [1.807, 2.05) is 31.2 Å². The van der Waals surface area contributed by atoms with Gasteiger partial charge in [0.25, 0.3) is 5.69 Å². The number of nitrogens with zero attached hydrogens (tertiary/aromatic N) is 3. The van der Waals surface area contributed by atoms with E-state index < -0.39 is 33.4 Å². The lowest BCUT2D eigenvalue weighted by atomic mass is 10.1. The van der Waals surface area contributed by atoms with Crippen LogP contribution >= 0.6 is 0 Å². The molecule has 0 saturated carbocycles. The first-order valence-corrected chi connectivity index (χ1v) is 12.1. The van der Waals surface area contributed by atoms with Gasteiger partial charge in [-0.2, -0.15) is 0 Å². The Labute approximate surface area is 193 Å². The van der Waals surface area contributed by atoms with Crippen LogP contribution in [0.15, 0.2) is 48.5 Å². The van der Waals surface area contributed by atoms with Crippen LogP contribution in [-0.2, 0) is 26.2 Å². The van der Waals surface area contributed by atoms with Crippen molar-refractivity contribution in [3.63, 3.8) is 0 Å². The number of anilines is 1. The number of nitrogens with one attached hydrogen (secondary N) is 1. The maximum atomic E-state index is 13.4. The summed E-state index contributed by atoms with van der Waals surface area (Å²) in [4.78, 5) is 37.8. The summed E-state index contributed by atoms with van der Waals surface area (Å²) in [7, 11) is -2.50. The lowest BCUT2D eigenvalue weighted by Crippen LogP contribution is -2.51. The molecular formula is C22H28N4O6S. The Bertz CT molecular complexity index is 1140. The number of likely N-dealkylation sites (N-methyl/N-ethyl adjacent to an activating group) is 1. The van der Waals surface area contributed by atoms with Gasteiger partial charge in [0.2, 0.25) is 21.8 Å². The molecule has 0 spiro atoms. The molecular weight excluding hydrogens is 448 g/mol. The van der Waals surface area contributed by atoms with E-state index in [2.05, 4.69) is 5.32 Å². The molecule has 0 aromatic heterocycles. The van der Waals surface area contributed by atoms with Crippen molar-refractivity contribution < 1.29 is 22.9 Å². The van der Waals surface area contributed by atoms with Gasteiger partial charge in [-0.3, -0.25) is 24.0 Å². The van der Waals surface area contributed by atoms with Crippen molar-refractivity contribution in [2.75, 3.05) is 24.2 Å². The van der Waals surface area contributed by atoms with E-state index in [1.54, 1.807) is 6.92 Å². The molecule has 0 aliphatic heterocycles. The van der Waals surface area contributed by atoms with Gasteiger partial charge in [0.05, 0.1) is 16.9 Å². The third kappa shape index (κ3) is 6.51. The quantitative estimate of drug-likeness (QED) is 0.413. The molecule has 0 aliphatic rings. The molecule has 178 valence electrons. The standard InChI is InChI=1S/C22H28N4O6S/c1-5-20(22(28)23-3)24(14-17-10-7-6-9-16(17)2)21(27)15-25(33(4,31)32)18-11-8-12-19(13-18)26(29)30/h6-13,20H,5,14-15H2,1-4H3,(H,23,28). The van der Waals surface area contributed by atoms with E-state index in [4.69, 9.17) is 0 Å². The Morgan fingerprint density at radius 2 is 1.82 bits per heavy atom. The molecule has 0 heterocycles. The van der Waals surface area contributed by atoms with Gasteiger partial charge in [0.1, 0.15) is 12.6 Å². The topological polar surface area (TPSA) is 130 Å². The predicted octanol–water partition coefficient (Wildman–Crippen LogP) is 2.22. The normalized spacial score (nSPS) is 12.0. The molecule has 0 radical (unpaired) electrons. The van der Waals surface area contributed by atoms with Crippen LogP contribution in [-0.4, -0.2) is 55.9 Å². The highest BCUT2D eigenvalue weighted by Gasteiger charge is 2.31. The molecule has 1 atom stereocenters. The summed E-state index contributed by atoms with van der Waals surface area (Å²) < 4.78 is 25.8. The van der Waals surface area contributed by atoms with E-state index in [0.29, 0.717) is 6.42 Å². The minimum Gasteiger partial charge on any atom is -0.357 e. The number of carbonyl (C=O) groups is 2. The maximum absolute atomic E-state index is 13.4. The number of aryl methyl sites for hydroxylation is 1. The first kappa shape index (κ1) is 25.8. The number of benzene rings is 2. The number of carbonyl (C=O) groups excluding carboxylic acids is 2. The number of amides is 2. The monoisotopic (exact) mass is 476 g/mol. The van der Waals surface area contributed by atoms with Gasteiger partial charge >= 0.3 is 0 Å². The smallest absolute Gasteiger partial charge is 0.271 e. The fourth-order valence-electron chi connectivity index (χ4n) is 3.43. The van der Waals surface area contributed by atoms with Crippen molar-refractivity contribution in [2.24, 2.45) is 0 Å². The van der Waals surface area contributed by atoms with Crippen LogP contribution in [0.3, 0.4) is 0 Å². The summed E-state index contributed by atoms with van der Waals surface area (Å²) in [6.07, 6.45) is 1.23. The van der Waals surface area contributed by atoms with E-state index in [0.717, 1.165) is 27.8 Å². The second-order valence-electron chi connectivity index (χ2n) is 7.53. The maximum Gasteiger partial charge on any atom is 0.271 e. The van der Waals surface area contributed by atoms with Gasteiger partial charge in [0.15, 0.2) is 0 Å². The number of nitro groups is 1. The summed E-state index contributed by atoms with van der Waals surface area (Å²) in [5, 5.41) is 13.7. The van der Waals surface area contributed by atoms with Crippen molar-refractivity contribution in [3.05, 3.63) is 69.8 Å². The average molecular weight is 477 g/mol. The third-order valence-corrected chi connectivity index (χ3v) is 6.38. The average Bonchev–Trinajstić information content (AvgIpc) is 2.77. The molecule has 0 bridgehead atoms. The summed E-state index contributed by atoms with van der Waals surface area (Å²) in [6, 6.07) is 11.6. The molecule has 0 saturated heterocycles. The molecule has 1 N–H and O–H groups in total. The van der Waals surface area contributed by atoms with E-state index in [9.17, 15) is 28.1 Å². The fraction of sp³-hybridized carbons (Fsp3) is 0.364. The largest absolute Gasteiger partial charge is 0.357 e. The highest BCUT2D eigenvalue weighted by atomic mass is 32.2. The molecule has 2 rings (SSSR count). The van der Waals surface area contributed by atoms with Crippen molar-refractivity contribution in [2.45, 2.75) is 32.9 Å². The summed E-state index contributed by atoms with van der Waals surface area (Å²) in [6.45, 7) is 3.13. The Kier molecular flexibility index (Phi) is 8.52. The number of rotatable bonds is 10. The summed E-state index contributed by atoms with van der Waals surface area (Å²) >= 11 is 0. The minimum atomic E-state index is -3.97. The van der Waals surface area contributed by atoms with Crippen molar-refractivity contribution in [3.8, 4) is 0 Å². The van der Waals surface area contributed by atoms with Gasteiger partial charge in [0, 0.05) is 25.7 Å². The van der Waals surface area contributed by atoms with Gasteiger partial charge in [-0.05, 0) is 30.5 Å². The zero-order valence-corrected chi connectivity index (χ0v) is 19.8. The van der Waals surface area contributed by atoms with Crippen LogP contribution in [0.4, 0.5) is 11.4 Å². The number of hydrogen-bond acceptors (Lipinski definition) is 6. The Balaban J connectivity index is 2.48. The Hall–Kier alpha value is -3.47. The summed E-state index contributed by atoms with van der Waals surface area (Å²) in [5.74, 6) is -0.980. The van der Waals surface area contributed by atoms with Crippen molar-refractivity contribution in [1.82, 2.24) is 10.2 Å². The van der Waals surface area contributed by atoms with Crippen LogP contribution in [0.5, 0.6) is 0 Å². The molecule has 2 amide bonds. The van der Waals surface area contributed by atoms with Crippen LogP contribution in [0.25, 0.3) is 0 Å². The second-order valence-corrected chi connectivity index (χ2v) is 9.44. The lowest BCUT2D eigenvalue weighted by molar-refractivity contribution is -0.384. The zero-order chi connectivity index (χ0) is 24.8. The van der Waals surface area contributed by atoms with Gasteiger partial charge in [-0.25, -0.2) is 8.42 Å². The van der Waals surface area contributed by atoms with Crippen molar-refractivity contribution in [1.29, 1.82) is 0 Å². The highest BCUT2D eigenvalue weighted by molar-refractivity contribution is 7.92.